The Morgan fingerprint density at radius 2 is 1.71 bits per heavy atom. The van der Waals surface area contributed by atoms with Crippen LogP contribution in [0.15, 0.2) is 48.5 Å². The third kappa shape index (κ3) is 4.77. The quantitative estimate of drug-likeness (QED) is 0.578. The fourth-order valence-electron chi connectivity index (χ4n) is 5.16. The van der Waals surface area contributed by atoms with Gasteiger partial charge >= 0.3 is 12.1 Å². The molecule has 3 N–H and O–H groups in total. The van der Waals surface area contributed by atoms with Gasteiger partial charge in [-0.2, -0.15) is 0 Å². The molecule has 1 saturated heterocycles. The van der Waals surface area contributed by atoms with Crippen molar-refractivity contribution in [3.8, 4) is 11.1 Å². The van der Waals surface area contributed by atoms with E-state index in [2.05, 4.69) is 5.32 Å². The molecule has 0 radical (unpaired) electrons. The van der Waals surface area contributed by atoms with Gasteiger partial charge in [0.15, 0.2) is 0 Å². The maximum atomic E-state index is 13.2. The Balaban J connectivity index is 1.45. The third-order valence-corrected chi connectivity index (χ3v) is 6.90. The number of carbonyl (C=O) groups is 3. The number of aliphatic hydroxyl groups excluding tert-OH is 1. The molecule has 0 bridgehead atoms. The molecular formula is C26H30N2O6. The molecule has 34 heavy (non-hydrogen) atoms. The first-order valence-electron chi connectivity index (χ1n) is 11.6. The van der Waals surface area contributed by atoms with Crippen LogP contribution >= 0.6 is 0 Å². The first-order chi connectivity index (χ1) is 16.4. The number of aliphatic hydroxyl groups is 1. The highest BCUT2D eigenvalue weighted by atomic mass is 16.5. The van der Waals surface area contributed by atoms with Gasteiger partial charge in [-0.1, -0.05) is 55.5 Å². The predicted molar refractivity (Wildman–Crippen MR) is 125 cm³/mol. The zero-order chi connectivity index (χ0) is 24.2. The molecule has 1 aliphatic carbocycles. The van der Waals surface area contributed by atoms with Crippen molar-refractivity contribution in [1.29, 1.82) is 0 Å². The van der Waals surface area contributed by atoms with Crippen molar-refractivity contribution < 1.29 is 29.3 Å². The van der Waals surface area contributed by atoms with E-state index >= 15 is 0 Å². The van der Waals surface area contributed by atoms with Crippen LogP contribution in [0.1, 0.15) is 43.2 Å². The van der Waals surface area contributed by atoms with Crippen LogP contribution in [0.25, 0.3) is 11.1 Å². The minimum atomic E-state index is -1.27. The van der Waals surface area contributed by atoms with E-state index in [0.717, 1.165) is 35.1 Å². The molecule has 8 heteroatoms. The summed E-state index contributed by atoms with van der Waals surface area (Å²) in [4.78, 5) is 38.7. The number of piperidine rings is 1. The minimum Gasteiger partial charge on any atom is -0.481 e. The van der Waals surface area contributed by atoms with Crippen LogP contribution in [-0.4, -0.2) is 64.9 Å². The number of aliphatic carboxylic acids is 1. The highest BCUT2D eigenvalue weighted by Crippen LogP contribution is 2.44. The number of carboxylic acids is 1. The standard InChI is InChI=1S/C26H30N2O6/c1-16-7-6-12-28(23(16)14-29)25(32)22(13-24(30)31)27-26(33)34-15-21-19-10-4-2-8-17(19)18-9-3-5-11-20(18)21/h2-5,8-11,16,21-23,29H,6-7,12-15H2,1H3,(H,27,33)(H,30,31). The molecule has 180 valence electrons. The van der Waals surface area contributed by atoms with Crippen molar-refractivity contribution in [3.63, 3.8) is 0 Å². The van der Waals surface area contributed by atoms with E-state index in [-0.39, 0.29) is 25.0 Å². The highest BCUT2D eigenvalue weighted by molar-refractivity contribution is 5.89. The van der Waals surface area contributed by atoms with E-state index in [1.54, 1.807) is 0 Å². The lowest BCUT2D eigenvalue weighted by atomic mass is 9.90. The molecule has 3 unspecified atom stereocenters. The first-order valence-corrected chi connectivity index (χ1v) is 11.6. The van der Waals surface area contributed by atoms with Crippen LogP contribution < -0.4 is 5.32 Å². The number of hydrogen-bond acceptors (Lipinski definition) is 5. The second-order valence-corrected chi connectivity index (χ2v) is 9.02. The average molecular weight is 467 g/mol. The lowest BCUT2D eigenvalue weighted by molar-refractivity contribution is -0.145. The van der Waals surface area contributed by atoms with Crippen LogP contribution in [-0.2, 0) is 14.3 Å². The SMILES string of the molecule is CC1CCCN(C(=O)C(CC(=O)O)NC(=O)OCC2c3ccccc3-c3ccccc32)C1CO. The van der Waals surface area contributed by atoms with Gasteiger partial charge in [0, 0.05) is 12.5 Å². The van der Waals surface area contributed by atoms with Gasteiger partial charge in [-0.05, 0) is 41.0 Å². The number of carbonyl (C=O) groups excluding carboxylic acids is 2. The zero-order valence-electron chi connectivity index (χ0n) is 19.1. The Morgan fingerprint density at radius 3 is 2.29 bits per heavy atom. The van der Waals surface area contributed by atoms with E-state index in [1.807, 2.05) is 55.5 Å². The number of benzene rings is 2. The summed E-state index contributed by atoms with van der Waals surface area (Å²) in [5.41, 5.74) is 4.31. The molecule has 1 heterocycles. The van der Waals surface area contributed by atoms with Gasteiger partial charge < -0.3 is 25.2 Å². The monoisotopic (exact) mass is 466 g/mol. The number of ether oxygens (including phenoxy) is 1. The molecule has 1 fully saturated rings. The van der Waals surface area contributed by atoms with E-state index in [4.69, 9.17) is 4.74 Å². The van der Waals surface area contributed by atoms with Crippen LogP contribution in [0.4, 0.5) is 4.79 Å². The molecular weight excluding hydrogens is 436 g/mol. The smallest absolute Gasteiger partial charge is 0.407 e. The number of alkyl carbamates (subject to hydrolysis) is 1. The summed E-state index contributed by atoms with van der Waals surface area (Å²) < 4.78 is 5.50. The molecule has 4 rings (SSSR count). The van der Waals surface area contributed by atoms with E-state index in [1.165, 1.54) is 4.90 Å². The number of nitrogens with one attached hydrogen (secondary N) is 1. The Bertz CT molecular complexity index is 1030. The average Bonchev–Trinajstić information content (AvgIpc) is 3.15. The van der Waals surface area contributed by atoms with Crippen molar-refractivity contribution >= 4 is 18.0 Å². The van der Waals surface area contributed by atoms with E-state index < -0.39 is 36.5 Å². The Hall–Kier alpha value is -3.39. The Kier molecular flexibility index (Phi) is 7.17. The summed E-state index contributed by atoms with van der Waals surface area (Å²) in [6, 6.07) is 14.2. The Labute approximate surface area is 198 Å². The molecule has 2 aromatic carbocycles. The minimum absolute atomic E-state index is 0.0633. The van der Waals surface area contributed by atoms with Gasteiger partial charge in [0.25, 0.3) is 0 Å². The third-order valence-electron chi connectivity index (χ3n) is 6.90. The molecule has 2 aromatic rings. The number of fused-ring (bicyclic) bond motifs is 3. The van der Waals surface area contributed by atoms with E-state index in [0.29, 0.717) is 6.54 Å². The molecule has 0 saturated carbocycles. The zero-order valence-corrected chi connectivity index (χ0v) is 19.1. The number of amides is 2. The number of carboxylic acid groups (broad SMARTS) is 1. The van der Waals surface area contributed by atoms with Crippen molar-refractivity contribution in [3.05, 3.63) is 59.7 Å². The molecule has 8 nitrogen and oxygen atoms in total. The summed E-state index contributed by atoms with van der Waals surface area (Å²) >= 11 is 0. The van der Waals surface area contributed by atoms with Gasteiger partial charge in [-0.3, -0.25) is 9.59 Å². The summed E-state index contributed by atoms with van der Waals surface area (Å²) in [6.07, 6.45) is 0.227. The number of likely N-dealkylation sites (tertiary alicyclic amines) is 1. The topological polar surface area (TPSA) is 116 Å². The molecule has 0 spiro atoms. The van der Waals surface area contributed by atoms with Crippen molar-refractivity contribution in [2.75, 3.05) is 19.8 Å². The fourth-order valence-corrected chi connectivity index (χ4v) is 5.16. The highest BCUT2D eigenvalue weighted by Gasteiger charge is 2.37. The first kappa shape index (κ1) is 23.8. The molecule has 3 atom stereocenters. The molecule has 2 aliphatic rings. The molecule has 0 aromatic heterocycles. The number of rotatable bonds is 7. The second kappa shape index (κ2) is 10.3. The van der Waals surface area contributed by atoms with Crippen LogP contribution in [0, 0.1) is 5.92 Å². The second-order valence-electron chi connectivity index (χ2n) is 9.02. The maximum absolute atomic E-state index is 13.2. The summed E-state index contributed by atoms with van der Waals surface area (Å²) in [5, 5.41) is 21.6. The van der Waals surface area contributed by atoms with Crippen LogP contribution in [0.2, 0.25) is 0 Å². The number of nitrogens with zero attached hydrogens (tertiary/aromatic N) is 1. The molecule has 2 amide bonds. The normalized spacial score (nSPS) is 20.2. The summed E-state index contributed by atoms with van der Waals surface area (Å²) in [5.74, 6) is -1.78. The summed E-state index contributed by atoms with van der Waals surface area (Å²) in [6.45, 7) is 2.22. The lowest BCUT2D eigenvalue weighted by Crippen LogP contribution is -2.57. The van der Waals surface area contributed by atoms with Crippen molar-refractivity contribution in [2.45, 2.75) is 44.2 Å². The van der Waals surface area contributed by atoms with Gasteiger partial charge in [0.2, 0.25) is 5.91 Å². The van der Waals surface area contributed by atoms with Crippen LogP contribution in [0.5, 0.6) is 0 Å². The lowest BCUT2D eigenvalue weighted by Gasteiger charge is -2.40. The van der Waals surface area contributed by atoms with Gasteiger partial charge in [0.1, 0.15) is 12.6 Å². The van der Waals surface area contributed by atoms with Gasteiger partial charge in [-0.15, -0.1) is 0 Å². The predicted octanol–water partition coefficient (Wildman–Crippen LogP) is 2.99. The number of hydrogen-bond donors (Lipinski definition) is 3. The Morgan fingerprint density at radius 1 is 1.09 bits per heavy atom. The van der Waals surface area contributed by atoms with Crippen molar-refractivity contribution in [2.24, 2.45) is 5.92 Å². The van der Waals surface area contributed by atoms with Crippen LogP contribution in [0.3, 0.4) is 0 Å². The van der Waals surface area contributed by atoms with Crippen molar-refractivity contribution in [1.82, 2.24) is 10.2 Å². The maximum Gasteiger partial charge on any atom is 0.407 e. The van der Waals surface area contributed by atoms with Gasteiger partial charge in [-0.25, -0.2) is 4.79 Å². The van der Waals surface area contributed by atoms with Gasteiger partial charge in [0.05, 0.1) is 19.1 Å². The fraction of sp³-hybridized carbons (Fsp3) is 0.423. The molecule has 1 aliphatic heterocycles. The van der Waals surface area contributed by atoms with E-state index in [9.17, 15) is 24.6 Å². The summed E-state index contributed by atoms with van der Waals surface area (Å²) in [7, 11) is 0. The largest absolute Gasteiger partial charge is 0.481 e.